The minimum atomic E-state index is -0.228. The summed E-state index contributed by atoms with van der Waals surface area (Å²) in [5, 5.41) is 7.44. The van der Waals surface area contributed by atoms with Crippen molar-refractivity contribution in [3.8, 4) is 0 Å². The second kappa shape index (κ2) is 5.87. The van der Waals surface area contributed by atoms with E-state index in [0.29, 0.717) is 16.3 Å². The molecule has 4 rings (SSSR count). The van der Waals surface area contributed by atoms with Gasteiger partial charge in [0.1, 0.15) is 0 Å². The highest BCUT2D eigenvalue weighted by atomic mass is 32.1. The van der Waals surface area contributed by atoms with E-state index in [1.165, 1.54) is 11.3 Å². The Morgan fingerprint density at radius 2 is 2.08 bits per heavy atom. The molecule has 1 aliphatic rings. The molecule has 6 nitrogen and oxygen atoms in total. The molecule has 0 radical (unpaired) electrons. The van der Waals surface area contributed by atoms with Crippen molar-refractivity contribution >= 4 is 28.3 Å². The lowest BCUT2D eigenvalue weighted by atomic mass is 10.1. The van der Waals surface area contributed by atoms with Gasteiger partial charge < -0.3 is 4.57 Å². The van der Waals surface area contributed by atoms with E-state index in [-0.39, 0.29) is 11.4 Å². The van der Waals surface area contributed by atoms with Crippen LogP contribution in [0.25, 0.3) is 11.0 Å². The first-order valence-corrected chi connectivity index (χ1v) is 9.73. The first-order chi connectivity index (χ1) is 12.3. The maximum absolute atomic E-state index is 13.0. The van der Waals surface area contributed by atoms with Gasteiger partial charge in [-0.15, -0.1) is 11.3 Å². The standard InChI is InChI=1S/C19H23N5OS/c1-11-15-13(17(25)21-18-23(5)8-9-26-18)10-14(12-6-7-12)20-16(15)24(22-11)19(2,3)4/h8-10,12H,6-7H2,1-5H3. The van der Waals surface area contributed by atoms with Gasteiger partial charge in [-0.25, -0.2) is 9.67 Å². The van der Waals surface area contributed by atoms with E-state index in [2.05, 4.69) is 25.8 Å². The maximum atomic E-state index is 13.0. The molecule has 1 saturated carbocycles. The van der Waals surface area contributed by atoms with E-state index < -0.39 is 0 Å². The molecular formula is C19H23N5OS. The number of fused-ring (bicyclic) bond motifs is 1. The Hall–Kier alpha value is -2.28. The topological polar surface area (TPSA) is 65.1 Å². The van der Waals surface area contributed by atoms with Gasteiger partial charge >= 0.3 is 0 Å². The molecule has 0 aliphatic heterocycles. The average molecular weight is 369 g/mol. The summed E-state index contributed by atoms with van der Waals surface area (Å²) in [7, 11) is 1.89. The highest BCUT2D eigenvalue weighted by Gasteiger charge is 2.30. The monoisotopic (exact) mass is 369 g/mol. The third kappa shape index (κ3) is 2.90. The summed E-state index contributed by atoms with van der Waals surface area (Å²) in [5.74, 6) is 0.223. The highest BCUT2D eigenvalue weighted by Crippen LogP contribution is 2.41. The minimum absolute atomic E-state index is 0.209. The van der Waals surface area contributed by atoms with Gasteiger partial charge in [0.25, 0.3) is 5.91 Å². The van der Waals surface area contributed by atoms with Crippen LogP contribution in [0, 0.1) is 6.92 Å². The molecule has 0 bridgehead atoms. The van der Waals surface area contributed by atoms with Crippen molar-refractivity contribution in [3.05, 3.63) is 39.4 Å². The molecule has 136 valence electrons. The van der Waals surface area contributed by atoms with Crippen LogP contribution in [0.3, 0.4) is 0 Å². The Balaban J connectivity index is 1.98. The first-order valence-electron chi connectivity index (χ1n) is 8.85. The fraction of sp³-hybridized carbons (Fsp3) is 0.474. The van der Waals surface area contributed by atoms with E-state index in [1.807, 2.05) is 40.9 Å². The van der Waals surface area contributed by atoms with E-state index in [0.717, 1.165) is 35.3 Å². The van der Waals surface area contributed by atoms with Crippen molar-refractivity contribution in [2.24, 2.45) is 12.0 Å². The zero-order chi connectivity index (χ0) is 18.6. The summed E-state index contributed by atoms with van der Waals surface area (Å²) < 4.78 is 3.79. The number of hydrogen-bond donors (Lipinski definition) is 0. The summed E-state index contributed by atoms with van der Waals surface area (Å²) in [6.45, 7) is 8.23. The lowest BCUT2D eigenvalue weighted by Gasteiger charge is -2.20. The maximum Gasteiger partial charge on any atom is 0.280 e. The fourth-order valence-corrected chi connectivity index (χ4v) is 3.84. The highest BCUT2D eigenvalue weighted by molar-refractivity contribution is 7.07. The van der Waals surface area contributed by atoms with Crippen molar-refractivity contribution in [2.45, 2.75) is 52.0 Å². The van der Waals surface area contributed by atoms with Crippen LogP contribution >= 0.6 is 11.3 Å². The second-order valence-corrected chi connectivity index (χ2v) is 8.82. The predicted molar refractivity (Wildman–Crippen MR) is 102 cm³/mol. The van der Waals surface area contributed by atoms with Gasteiger partial charge in [-0.2, -0.15) is 10.1 Å². The second-order valence-electron chi connectivity index (χ2n) is 7.95. The van der Waals surface area contributed by atoms with Gasteiger partial charge in [0.15, 0.2) is 10.4 Å². The third-order valence-corrected chi connectivity index (χ3v) is 5.50. The minimum Gasteiger partial charge on any atom is -0.327 e. The Morgan fingerprint density at radius 1 is 1.35 bits per heavy atom. The molecule has 3 aromatic rings. The van der Waals surface area contributed by atoms with Crippen molar-refractivity contribution in [2.75, 3.05) is 0 Å². The van der Waals surface area contributed by atoms with Crippen LogP contribution in [0.1, 0.15) is 61.3 Å². The third-order valence-electron chi connectivity index (χ3n) is 4.65. The number of hydrogen-bond acceptors (Lipinski definition) is 4. The lowest BCUT2D eigenvalue weighted by Crippen LogP contribution is -2.23. The van der Waals surface area contributed by atoms with E-state index >= 15 is 0 Å². The molecule has 0 N–H and O–H groups in total. The summed E-state index contributed by atoms with van der Waals surface area (Å²) >= 11 is 1.45. The first kappa shape index (κ1) is 17.1. The average Bonchev–Trinajstić information content (AvgIpc) is 3.26. The van der Waals surface area contributed by atoms with Gasteiger partial charge in [0.2, 0.25) is 0 Å². The number of carbonyl (C=O) groups excluding carboxylic acids is 1. The van der Waals surface area contributed by atoms with Crippen LogP contribution < -0.4 is 4.80 Å². The van der Waals surface area contributed by atoms with Crippen molar-refractivity contribution in [3.63, 3.8) is 0 Å². The number of pyridine rings is 1. The smallest absolute Gasteiger partial charge is 0.280 e. The molecule has 7 heteroatoms. The zero-order valence-corrected chi connectivity index (χ0v) is 16.6. The number of aryl methyl sites for hydroxylation is 2. The molecule has 1 amide bonds. The van der Waals surface area contributed by atoms with E-state index in [4.69, 9.17) is 10.1 Å². The Morgan fingerprint density at radius 3 is 2.65 bits per heavy atom. The number of amides is 1. The van der Waals surface area contributed by atoms with Crippen LogP contribution in [0.5, 0.6) is 0 Å². The molecule has 0 atom stereocenters. The molecule has 0 aromatic carbocycles. The fourth-order valence-electron chi connectivity index (χ4n) is 3.11. The summed E-state index contributed by atoms with van der Waals surface area (Å²) in [6, 6.07) is 1.93. The molecule has 3 aromatic heterocycles. The van der Waals surface area contributed by atoms with Gasteiger partial charge in [0, 0.05) is 30.2 Å². The van der Waals surface area contributed by atoms with Gasteiger partial charge in [0.05, 0.1) is 22.2 Å². The molecule has 3 heterocycles. The van der Waals surface area contributed by atoms with Gasteiger partial charge in [-0.05, 0) is 46.6 Å². The zero-order valence-electron chi connectivity index (χ0n) is 15.8. The van der Waals surface area contributed by atoms with Crippen molar-refractivity contribution < 1.29 is 4.79 Å². The SMILES string of the molecule is Cc1nn(C(C)(C)C)c2nc(C3CC3)cc(C(=O)N=c3sccn3C)c12. The number of carbonyl (C=O) groups is 1. The van der Waals surface area contributed by atoms with Crippen LogP contribution in [0.15, 0.2) is 22.6 Å². The van der Waals surface area contributed by atoms with Crippen LogP contribution in [0.2, 0.25) is 0 Å². The molecular weight excluding hydrogens is 346 g/mol. The van der Waals surface area contributed by atoms with Gasteiger partial charge in [-0.1, -0.05) is 0 Å². The lowest BCUT2D eigenvalue weighted by molar-refractivity contribution is 0.0999. The number of rotatable bonds is 2. The number of nitrogens with zero attached hydrogens (tertiary/aromatic N) is 5. The molecule has 26 heavy (non-hydrogen) atoms. The summed E-state index contributed by atoms with van der Waals surface area (Å²) in [5.41, 5.74) is 2.99. The number of aromatic nitrogens is 4. The van der Waals surface area contributed by atoms with Crippen LogP contribution in [-0.4, -0.2) is 25.2 Å². The number of thiazole rings is 1. The molecule has 1 fully saturated rings. The normalized spacial score (nSPS) is 15.8. The molecule has 0 saturated heterocycles. The Kier molecular flexibility index (Phi) is 3.87. The Labute approximate surface area is 156 Å². The Bertz CT molecular complexity index is 1080. The van der Waals surface area contributed by atoms with E-state index in [9.17, 15) is 4.79 Å². The van der Waals surface area contributed by atoms with Crippen molar-refractivity contribution in [1.82, 2.24) is 19.3 Å². The largest absolute Gasteiger partial charge is 0.327 e. The predicted octanol–water partition coefficient (Wildman–Crippen LogP) is 3.51. The van der Waals surface area contributed by atoms with Gasteiger partial charge in [-0.3, -0.25) is 4.79 Å². The summed E-state index contributed by atoms with van der Waals surface area (Å²) in [6.07, 6.45) is 4.16. The molecule has 0 unspecified atom stereocenters. The van der Waals surface area contributed by atoms with Crippen LogP contribution in [0.4, 0.5) is 0 Å². The van der Waals surface area contributed by atoms with Crippen molar-refractivity contribution in [1.29, 1.82) is 0 Å². The van der Waals surface area contributed by atoms with E-state index in [1.54, 1.807) is 0 Å². The molecule has 0 spiro atoms. The van der Waals surface area contributed by atoms with Crippen LogP contribution in [-0.2, 0) is 12.6 Å². The summed E-state index contributed by atoms with van der Waals surface area (Å²) in [4.78, 5) is 23.0. The quantitative estimate of drug-likeness (QED) is 0.694. The molecule has 1 aliphatic carbocycles.